The van der Waals surface area contributed by atoms with Gasteiger partial charge >= 0.3 is 6.18 Å². The van der Waals surface area contributed by atoms with Crippen LogP contribution >= 0.6 is 0 Å². The fourth-order valence-electron chi connectivity index (χ4n) is 2.42. The molecule has 3 aromatic rings. The van der Waals surface area contributed by atoms with Gasteiger partial charge in [-0.2, -0.15) is 23.0 Å². The van der Waals surface area contributed by atoms with Crippen molar-refractivity contribution < 1.29 is 22.6 Å². The minimum Gasteiger partial charge on any atom is -0.378 e. The Morgan fingerprint density at radius 3 is 2.62 bits per heavy atom. The summed E-state index contributed by atoms with van der Waals surface area (Å²) in [5.74, 6) is -0.564. The summed E-state index contributed by atoms with van der Waals surface area (Å²) in [4.78, 5) is 12.4. The van der Waals surface area contributed by atoms with Gasteiger partial charge in [-0.3, -0.25) is 4.79 Å². The molecular formula is C16H15F3N8O2. The predicted molar refractivity (Wildman–Crippen MR) is 94.1 cm³/mol. The number of anilines is 1. The first-order chi connectivity index (χ1) is 13.8. The van der Waals surface area contributed by atoms with Gasteiger partial charge in [-0.1, -0.05) is 30.7 Å². The molecule has 2 heterocycles. The monoisotopic (exact) mass is 408 g/mol. The van der Waals surface area contributed by atoms with Crippen molar-refractivity contribution >= 4 is 17.9 Å². The lowest BCUT2D eigenvalue weighted by Crippen LogP contribution is -2.20. The molecule has 152 valence electrons. The van der Waals surface area contributed by atoms with Crippen LogP contribution in [0.25, 0.3) is 5.82 Å². The van der Waals surface area contributed by atoms with Crippen molar-refractivity contribution in [3.63, 3.8) is 0 Å². The van der Waals surface area contributed by atoms with Crippen molar-refractivity contribution in [1.82, 2.24) is 30.7 Å². The van der Waals surface area contributed by atoms with E-state index < -0.39 is 17.6 Å². The molecule has 29 heavy (non-hydrogen) atoms. The molecule has 0 aliphatic rings. The smallest absolute Gasteiger partial charge is 0.378 e. The lowest BCUT2D eigenvalue weighted by Gasteiger charge is -2.05. The van der Waals surface area contributed by atoms with Gasteiger partial charge in [-0.25, -0.2) is 10.1 Å². The van der Waals surface area contributed by atoms with E-state index in [2.05, 4.69) is 35.8 Å². The van der Waals surface area contributed by atoms with Crippen molar-refractivity contribution in [2.24, 2.45) is 5.10 Å². The number of carbonyl (C=O) groups excluding carboxylic acids is 1. The van der Waals surface area contributed by atoms with Gasteiger partial charge in [0.15, 0.2) is 5.69 Å². The Bertz CT molecular complexity index is 1020. The Morgan fingerprint density at radius 1 is 1.31 bits per heavy atom. The first-order valence-electron chi connectivity index (χ1n) is 8.35. The Morgan fingerprint density at radius 2 is 2.03 bits per heavy atom. The summed E-state index contributed by atoms with van der Waals surface area (Å²) in [5.41, 5.74) is 7.94. The summed E-state index contributed by atoms with van der Waals surface area (Å²) in [6.45, 7) is 1.90. The van der Waals surface area contributed by atoms with E-state index in [4.69, 9.17) is 5.73 Å². The second-order valence-electron chi connectivity index (χ2n) is 5.84. The lowest BCUT2D eigenvalue weighted by molar-refractivity contribution is -0.137. The molecule has 10 nitrogen and oxygen atoms in total. The number of benzene rings is 1. The van der Waals surface area contributed by atoms with Gasteiger partial charge in [0.1, 0.15) is 0 Å². The fourth-order valence-corrected chi connectivity index (χ4v) is 2.42. The largest absolute Gasteiger partial charge is 0.416 e. The minimum atomic E-state index is -4.42. The third kappa shape index (κ3) is 4.39. The van der Waals surface area contributed by atoms with Crippen LogP contribution in [0, 0.1) is 0 Å². The molecule has 0 bridgehead atoms. The number of nitrogens with one attached hydrogen (secondary N) is 1. The van der Waals surface area contributed by atoms with E-state index in [1.165, 1.54) is 23.0 Å². The van der Waals surface area contributed by atoms with E-state index in [1.54, 1.807) is 0 Å². The van der Waals surface area contributed by atoms with Crippen LogP contribution in [0.1, 0.15) is 40.7 Å². The van der Waals surface area contributed by atoms with Crippen LogP contribution in [0.2, 0.25) is 0 Å². The highest BCUT2D eigenvalue weighted by molar-refractivity contribution is 5.94. The maximum atomic E-state index is 12.6. The van der Waals surface area contributed by atoms with E-state index in [0.29, 0.717) is 24.1 Å². The van der Waals surface area contributed by atoms with Crippen molar-refractivity contribution in [2.75, 3.05) is 5.73 Å². The van der Waals surface area contributed by atoms with Crippen LogP contribution in [0.3, 0.4) is 0 Å². The molecule has 3 N–H and O–H groups in total. The van der Waals surface area contributed by atoms with Gasteiger partial charge in [0.25, 0.3) is 5.91 Å². The SMILES string of the molecule is CCCc1c(C(=O)N/N=C/c2ccc(C(F)(F)F)cc2)nnn1-c1nonc1N. The summed E-state index contributed by atoms with van der Waals surface area (Å²) in [6.07, 6.45) is -2.10. The quantitative estimate of drug-likeness (QED) is 0.470. The number of carbonyl (C=O) groups is 1. The highest BCUT2D eigenvalue weighted by atomic mass is 19.4. The number of hydrazone groups is 1. The number of nitrogens with zero attached hydrogens (tertiary/aromatic N) is 6. The summed E-state index contributed by atoms with van der Waals surface area (Å²) in [5, 5.41) is 18.5. The van der Waals surface area contributed by atoms with Gasteiger partial charge in [0.05, 0.1) is 17.5 Å². The number of nitrogens with two attached hydrogens (primary N) is 1. The average Bonchev–Trinajstić information content (AvgIpc) is 3.27. The van der Waals surface area contributed by atoms with Gasteiger partial charge in [0, 0.05) is 0 Å². The van der Waals surface area contributed by atoms with E-state index in [9.17, 15) is 18.0 Å². The van der Waals surface area contributed by atoms with Crippen LogP contribution in [0.4, 0.5) is 19.0 Å². The average molecular weight is 408 g/mol. The first-order valence-corrected chi connectivity index (χ1v) is 8.35. The molecule has 0 fully saturated rings. The van der Waals surface area contributed by atoms with E-state index in [-0.39, 0.29) is 17.3 Å². The number of halogens is 3. The number of hydrogen-bond acceptors (Lipinski definition) is 8. The maximum absolute atomic E-state index is 12.6. The number of alkyl halides is 3. The molecule has 0 saturated carbocycles. The highest BCUT2D eigenvalue weighted by Crippen LogP contribution is 2.28. The number of aromatic nitrogens is 5. The predicted octanol–water partition coefficient (Wildman–Crippen LogP) is 1.97. The second-order valence-corrected chi connectivity index (χ2v) is 5.84. The molecule has 0 aliphatic heterocycles. The molecule has 2 aromatic heterocycles. The fraction of sp³-hybridized carbons (Fsp3) is 0.250. The minimum absolute atomic E-state index is 0.00109. The Balaban J connectivity index is 1.75. The zero-order valence-electron chi connectivity index (χ0n) is 15.0. The molecule has 1 aromatic carbocycles. The van der Waals surface area contributed by atoms with Crippen LogP contribution in [-0.4, -0.2) is 37.4 Å². The Labute approximate surface area is 161 Å². The van der Waals surface area contributed by atoms with Crippen molar-refractivity contribution in [3.8, 4) is 5.82 Å². The molecule has 0 unspecified atom stereocenters. The van der Waals surface area contributed by atoms with E-state index >= 15 is 0 Å². The van der Waals surface area contributed by atoms with Crippen LogP contribution in [-0.2, 0) is 12.6 Å². The lowest BCUT2D eigenvalue weighted by atomic mass is 10.1. The summed E-state index contributed by atoms with van der Waals surface area (Å²) >= 11 is 0. The molecule has 0 aliphatic carbocycles. The molecule has 3 rings (SSSR count). The third-order valence-corrected chi connectivity index (χ3v) is 3.78. The van der Waals surface area contributed by atoms with E-state index in [0.717, 1.165) is 12.1 Å². The first kappa shape index (κ1) is 20.0. The number of nitrogen functional groups attached to an aromatic ring is 1. The maximum Gasteiger partial charge on any atom is 0.416 e. The molecule has 0 spiro atoms. The van der Waals surface area contributed by atoms with Crippen molar-refractivity contribution in [3.05, 3.63) is 46.8 Å². The molecule has 13 heteroatoms. The van der Waals surface area contributed by atoms with Gasteiger partial charge in [-0.05, 0) is 34.4 Å². The third-order valence-electron chi connectivity index (χ3n) is 3.78. The molecule has 0 atom stereocenters. The Hall–Kier alpha value is -3.77. The zero-order chi connectivity index (χ0) is 21.0. The highest BCUT2D eigenvalue weighted by Gasteiger charge is 2.29. The molecule has 0 radical (unpaired) electrons. The van der Waals surface area contributed by atoms with Crippen molar-refractivity contribution in [2.45, 2.75) is 25.9 Å². The standard InChI is InChI=1S/C16H15F3N8O2/c1-2-3-11-12(22-26-27(11)14-13(20)24-29-25-14)15(28)23-21-8-9-4-6-10(7-5-9)16(17,18)19/h4-8H,2-3H2,1H3,(H2,20,24)(H,23,28)/b21-8+. The zero-order valence-corrected chi connectivity index (χ0v) is 15.0. The number of hydrogen-bond donors (Lipinski definition) is 2. The van der Waals surface area contributed by atoms with Gasteiger partial charge in [-0.15, -0.1) is 5.10 Å². The number of amides is 1. The van der Waals surface area contributed by atoms with Gasteiger partial charge in [0.2, 0.25) is 11.6 Å². The topological polar surface area (TPSA) is 137 Å². The van der Waals surface area contributed by atoms with Crippen LogP contribution in [0.5, 0.6) is 0 Å². The summed E-state index contributed by atoms with van der Waals surface area (Å²) in [7, 11) is 0. The Kier molecular flexibility index (Phi) is 5.57. The molecule has 0 saturated heterocycles. The van der Waals surface area contributed by atoms with Crippen LogP contribution in [0.15, 0.2) is 34.0 Å². The molecular weight excluding hydrogens is 393 g/mol. The van der Waals surface area contributed by atoms with Crippen molar-refractivity contribution in [1.29, 1.82) is 0 Å². The normalized spacial score (nSPS) is 11.9. The number of rotatable bonds is 6. The second kappa shape index (κ2) is 8.08. The van der Waals surface area contributed by atoms with E-state index in [1.807, 2.05) is 6.92 Å². The summed E-state index contributed by atoms with van der Waals surface area (Å²) in [6, 6.07) is 4.31. The summed E-state index contributed by atoms with van der Waals surface area (Å²) < 4.78 is 43.5. The van der Waals surface area contributed by atoms with Gasteiger partial charge < -0.3 is 5.73 Å². The van der Waals surface area contributed by atoms with Crippen LogP contribution < -0.4 is 11.2 Å². The molecule has 1 amide bonds.